The van der Waals surface area contributed by atoms with Crippen molar-refractivity contribution in [3.63, 3.8) is 0 Å². The highest BCUT2D eigenvalue weighted by Crippen LogP contribution is 2.25. The van der Waals surface area contributed by atoms with Crippen LogP contribution in [0, 0.1) is 6.92 Å². The number of rotatable bonds is 1. The zero-order valence-electron chi connectivity index (χ0n) is 10.4. The van der Waals surface area contributed by atoms with Crippen LogP contribution in [0.1, 0.15) is 29.8 Å². The summed E-state index contributed by atoms with van der Waals surface area (Å²) in [7, 11) is 0. The number of fused-ring (bicyclic) bond motifs is 1. The van der Waals surface area contributed by atoms with Crippen molar-refractivity contribution in [3.05, 3.63) is 46.2 Å². The van der Waals surface area contributed by atoms with Gasteiger partial charge in [-0.2, -0.15) is 0 Å². The van der Waals surface area contributed by atoms with Gasteiger partial charge in [0.15, 0.2) is 5.82 Å². The average Bonchev–Trinajstić information content (AvgIpc) is 2.39. The summed E-state index contributed by atoms with van der Waals surface area (Å²) >= 11 is 5.90. The molecule has 0 unspecified atom stereocenters. The Morgan fingerprint density at radius 3 is 2.50 bits per heavy atom. The Labute approximate surface area is 112 Å². The fourth-order valence-corrected chi connectivity index (χ4v) is 2.64. The standard InChI is InChI=1S/C15H15ClN2/c1-10-13-4-2-3-5-14(13)18-15(17-10)11-6-8-12(16)9-7-11/h6-9H,2-5H2,1H3. The smallest absolute Gasteiger partial charge is 0.159 e. The predicted octanol–water partition coefficient (Wildman–Crippen LogP) is 3.98. The van der Waals surface area contributed by atoms with Gasteiger partial charge in [-0.3, -0.25) is 0 Å². The van der Waals surface area contributed by atoms with Crippen LogP contribution >= 0.6 is 11.6 Å². The Kier molecular flexibility index (Phi) is 3.04. The lowest BCUT2D eigenvalue weighted by atomic mass is 9.95. The monoisotopic (exact) mass is 258 g/mol. The SMILES string of the molecule is Cc1nc(-c2ccc(Cl)cc2)nc2c1CCCC2. The largest absolute Gasteiger partial charge is 0.233 e. The lowest BCUT2D eigenvalue weighted by Gasteiger charge is -2.17. The quantitative estimate of drug-likeness (QED) is 0.773. The molecule has 0 bridgehead atoms. The number of aryl methyl sites for hydroxylation is 2. The maximum absolute atomic E-state index is 5.90. The van der Waals surface area contributed by atoms with Gasteiger partial charge in [-0.1, -0.05) is 11.6 Å². The van der Waals surface area contributed by atoms with E-state index < -0.39 is 0 Å². The molecule has 18 heavy (non-hydrogen) atoms. The summed E-state index contributed by atoms with van der Waals surface area (Å²) in [5.41, 5.74) is 4.76. The first-order valence-electron chi connectivity index (χ1n) is 6.36. The lowest BCUT2D eigenvalue weighted by Crippen LogP contribution is -2.10. The van der Waals surface area contributed by atoms with Crippen molar-refractivity contribution >= 4 is 11.6 Å². The van der Waals surface area contributed by atoms with Gasteiger partial charge in [0, 0.05) is 22.0 Å². The summed E-state index contributed by atoms with van der Waals surface area (Å²) < 4.78 is 0. The molecule has 1 aromatic heterocycles. The van der Waals surface area contributed by atoms with Gasteiger partial charge in [0.25, 0.3) is 0 Å². The van der Waals surface area contributed by atoms with Crippen LogP contribution in [0.4, 0.5) is 0 Å². The first kappa shape index (κ1) is 11.7. The fraction of sp³-hybridized carbons (Fsp3) is 0.333. The number of nitrogens with zero attached hydrogens (tertiary/aromatic N) is 2. The molecule has 0 fully saturated rings. The Bertz CT molecular complexity index is 576. The van der Waals surface area contributed by atoms with E-state index in [1.54, 1.807) is 0 Å². The molecule has 1 aromatic carbocycles. The average molecular weight is 259 g/mol. The van der Waals surface area contributed by atoms with E-state index in [1.807, 2.05) is 24.3 Å². The van der Waals surface area contributed by atoms with E-state index in [9.17, 15) is 0 Å². The number of hydrogen-bond acceptors (Lipinski definition) is 2. The normalized spacial score (nSPS) is 14.3. The van der Waals surface area contributed by atoms with Crippen LogP contribution in [0.25, 0.3) is 11.4 Å². The van der Waals surface area contributed by atoms with E-state index in [1.165, 1.54) is 24.1 Å². The molecule has 0 saturated carbocycles. The zero-order valence-corrected chi connectivity index (χ0v) is 11.2. The van der Waals surface area contributed by atoms with E-state index in [0.717, 1.165) is 34.9 Å². The first-order chi connectivity index (χ1) is 8.74. The van der Waals surface area contributed by atoms with Crippen LogP contribution in [0.5, 0.6) is 0 Å². The van der Waals surface area contributed by atoms with Crippen molar-refractivity contribution in [2.24, 2.45) is 0 Å². The Morgan fingerprint density at radius 2 is 1.72 bits per heavy atom. The Balaban J connectivity index is 2.08. The minimum absolute atomic E-state index is 0.744. The van der Waals surface area contributed by atoms with Crippen LogP contribution < -0.4 is 0 Å². The Morgan fingerprint density at radius 1 is 1.00 bits per heavy atom. The highest BCUT2D eigenvalue weighted by molar-refractivity contribution is 6.30. The molecule has 3 rings (SSSR count). The molecule has 0 radical (unpaired) electrons. The molecular weight excluding hydrogens is 244 g/mol. The maximum atomic E-state index is 5.90. The molecule has 1 aliphatic carbocycles. The van der Waals surface area contributed by atoms with Crippen molar-refractivity contribution in [1.29, 1.82) is 0 Å². The lowest BCUT2D eigenvalue weighted by molar-refractivity contribution is 0.658. The first-order valence-corrected chi connectivity index (χ1v) is 6.74. The third-order valence-corrected chi connectivity index (χ3v) is 3.74. The van der Waals surface area contributed by atoms with Gasteiger partial charge >= 0.3 is 0 Å². The number of benzene rings is 1. The molecule has 1 aliphatic rings. The van der Waals surface area contributed by atoms with Crippen molar-refractivity contribution in [1.82, 2.24) is 9.97 Å². The topological polar surface area (TPSA) is 25.8 Å². The molecule has 0 aliphatic heterocycles. The van der Waals surface area contributed by atoms with Crippen LogP contribution in [0.3, 0.4) is 0 Å². The van der Waals surface area contributed by atoms with E-state index in [-0.39, 0.29) is 0 Å². The summed E-state index contributed by atoms with van der Waals surface area (Å²) in [4.78, 5) is 9.35. The van der Waals surface area contributed by atoms with E-state index in [4.69, 9.17) is 16.6 Å². The molecule has 0 amide bonds. The molecular formula is C15H15ClN2. The van der Waals surface area contributed by atoms with Gasteiger partial charge in [0.2, 0.25) is 0 Å². The van der Waals surface area contributed by atoms with Gasteiger partial charge in [0.1, 0.15) is 0 Å². The second kappa shape index (κ2) is 4.69. The minimum Gasteiger partial charge on any atom is -0.233 e. The number of halogens is 1. The summed E-state index contributed by atoms with van der Waals surface area (Å²) in [6.07, 6.45) is 4.71. The summed E-state index contributed by atoms with van der Waals surface area (Å²) in [5, 5.41) is 0.744. The molecule has 92 valence electrons. The molecule has 1 heterocycles. The summed E-state index contributed by atoms with van der Waals surface area (Å²) in [6, 6.07) is 7.72. The third kappa shape index (κ3) is 2.13. The molecule has 0 N–H and O–H groups in total. The molecule has 0 spiro atoms. The van der Waals surface area contributed by atoms with Gasteiger partial charge in [-0.05, 0) is 62.4 Å². The number of aromatic nitrogens is 2. The molecule has 2 nitrogen and oxygen atoms in total. The van der Waals surface area contributed by atoms with Crippen LogP contribution in [0.15, 0.2) is 24.3 Å². The summed E-state index contributed by atoms with van der Waals surface area (Å²) in [5.74, 6) is 0.824. The highest BCUT2D eigenvalue weighted by Gasteiger charge is 2.15. The van der Waals surface area contributed by atoms with Crippen molar-refractivity contribution in [3.8, 4) is 11.4 Å². The highest BCUT2D eigenvalue weighted by atomic mass is 35.5. The van der Waals surface area contributed by atoms with Crippen molar-refractivity contribution < 1.29 is 0 Å². The minimum atomic E-state index is 0.744. The van der Waals surface area contributed by atoms with Crippen LogP contribution in [0.2, 0.25) is 5.02 Å². The van der Waals surface area contributed by atoms with Gasteiger partial charge in [-0.15, -0.1) is 0 Å². The maximum Gasteiger partial charge on any atom is 0.159 e. The molecule has 2 aromatic rings. The van der Waals surface area contributed by atoms with E-state index >= 15 is 0 Å². The van der Waals surface area contributed by atoms with Crippen molar-refractivity contribution in [2.45, 2.75) is 32.6 Å². The fourth-order valence-electron chi connectivity index (χ4n) is 2.51. The molecule has 0 saturated heterocycles. The van der Waals surface area contributed by atoms with E-state index in [2.05, 4.69) is 11.9 Å². The molecule has 0 atom stereocenters. The number of hydrogen-bond donors (Lipinski definition) is 0. The summed E-state index contributed by atoms with van der Waals surface area (Å²) in [6.45, 7) is 2.09. The van der Waals surface area contributed by atoms with Crippen molar-refractivity contribution in [2.75, 3.05) is 0 Å². The Hall–Kier alpha value is -1.41. The van der Waals surface area contributed by atoms with E-state index in [0.29, 0.717) is 0 Å². The predicted molar refractivity (Wildman–Crippen MR) is 73.9 cm³/mol. The molecule has 3 heteroatoms. The second-order valence-corrected chi connectivity index (χ2v) is 5.21. The van der Waals surface area contributed by atoms with Gasteiger partial charge < -0.3 is 0 Å². The zero-order chi connectivity index (χ0) is 12.5. The second-order valence-electron chi connectivity index (χ2n) is 4.77. The van der Waals surface area contributed by atoms with Gasteiger partial charge in [-0.25, -0.2) is 9.97 Å². The third-order valence-electron chi connectivity index (χ3n) is 3.49. The van der Waals surface area contributed by atoms with Crippen LogP contribution in [-0.2, 0) is 12.8 Å². The van der Waals surface area contributed by atoms with Crippen LogP contribution in [-0.4, -0.2) is 9.97 Å². The van der Waals surface area contributed by atoms with Gasteiger partial charge in [0.05, 0.1) is 0 Å².